The van der Waals surface area contributed by atoms with E-state index in [1.807, 2.05) is 0 Å². The summed E-state index contributed by atoms with van der Waals surface area (Å²) in [6.07, 6.45) is 36.8. The molecule has 1 amide bonds. The van der Waals surface area contributed by atoms with Crippen LogP contribution >= 0.6 is 0 Å². The van der Waals surface area contributed by atoms with E-state index >= 15 is 0 Å². The van der Waals surface area contributed by atoms with Gasteiger partial charge in [0.25, 0.3) is 5.91 Å². The molecular formula is C37H71NO3. The second-order valence-corrected chi connectivity index (χ2v) is 12.3. The summed E-state index contributed by atoms with van der Waals surface area (Å²) in [6, 6.07) is -0.0947. The Kier molecular flexibility index (Phi) is 32.4. The highest BCUT2D eigenvalue weighted by atomic mass is 16.5. The molecule has 0 saturated heterocycles. The zero-order valence-electron chi connectivity index (χ0n) is 28.0. The van der Waals surface area contributed by atoms with Gasteiger partial charge in [0.15, 0.2) is 0 Å². The average molecular weight is 578 g/mol. The number of rotatable bonds is 33. The number of hydrogen-bond donors (Lipinski definition) is 1. The highest BCUT2D eigenvalue weighted by Crippen LogP contribution is 2.13. The molecule has 0 rings (SSSR count). The fourth-order valence-electron chi connectivity index (χ4n) is 5.31. The highest BCUT2D eigenvalue weighted by Gasteiger charge is 2.18. The Morgan fingerprint density at radius 1 is 0.561 bits per heavy atom. The number of hydrogen-bond acceptors (Lipinski definition) is 3. The lowest BCUT2D eigenvalue weighted by atomic mass is 10.0. The minimum Gasteiger partial charge on any atom is -0.379 e. The van der Waals surface area contributed by atoms with Crippen LogP contribution in [0.1, 0.15) is 194 Å². The lowest BCUT2D eigenvalue weighted by molar-refractivity contribution is -0.138. The van der Waals surface area contributed by atoms with Gasteiger partial charge in [-0.3, -0.25) is 9.59 Å². The molecule has 0 heterocycles. The van der Waals surface area contributed by atoms with Crippen LogP contribution in [0.4, 0.5) is 0 Å². The number of ether oxygens (including phenoxy) is 1. The average Bonchev–Trinajstić information content (AvgIpc) is 2.97. The number of carbonyl (C=O) groups is 2. The normalized spacial score (nSPS) is 12.3. The van der Waals surface area contributed by atoms with Crippen molar-refractivity contribution in [3.8, 4) is 0 Å². The Morgan fingerprint density at radius 2 is 1.00 bits per heavy atom. The highest BCUT2D eigenvalue weighted by molar-refractivity contribution is 6.36. The van der Waals surface area contributed by atoms with Crippen LogP contribution in [0.3, 0.4) is 0 Å². The van der Waals surface area contributed by atoms with E-state index in [1.54, 1.807) is 0 Å². The van der Waals surface area contributed by atoms with Crippen molar-refractivity contribution in [1.29, 1.82) is 0 Å². The maximum absolute atomic E-state index is 12.6. The van der Waals surface area contributed by atoms with Gasteiger partial charge in [0.05, 0.1) is 12.6 Å². The molecule has 0 saturated carbocycles. The van der Waals surface area contributed by atoms with Crippen molar-refractivity contribution >= 4 is 11.7 Å². The van der Waals surface area contributed by atoms with E-state index in [2.05, 4.69) is 38.2 Å². The summed E-state index contributed by atoms with van der Waals surface area (Å²) in [7, 11) is 0. The molecule has 0 aromatic heterocycles. The summed E-state index contributed by atoms with van der Waals surface area (Å²) in [5.74, 6) is -0.680. The largest absolute Gasteiger partial charge is 0.379 e. The van der Waals surface area contributed by atoms with E-state index in [0.717, 1.165) is 45.1 Å². The van der Waals surface area contributed by atoms with Crippen molar-refractivity contribution in [3.05, 3.63) is 12.2 Å². The van der Waals surface area contributed by atoms with Gasteiger partial charge in [-0.15, -0.1) is 0 Å². The Balaban J connectivity index is 4.15. The first-order valence-electron chi connectivity index (χ1n) is 18.2. The van der Waals surface area contributed by atoms with Gasteiger partial charge in [-0.25, -0.2) is 0 Å². The van der Waals surface area contributed by atoms with Crippen molar-refractivity contribution in [3.63, 3.8) is 0 Å². The summed E-state index contributed by atoms with van der Waals surface area (Å²) >= 11 is 0. The number of amides is 1. The Bertz CT molecular complexity index is 589. The summed E-state index contributed by atoms with van der Waals surface area (Å²) in [5.41, 5.74) is 0. The Morgan fingerprint density at radius 3 is 1.54 bits per heavy atom. The third-order valence-electron chi connectivity index (χ3n) is 8.13. The fraction of sp³-hybridized carbons (Fsp3) is 0.892. The molecule has 4 heteroatoms. The number of unbranched alkanes of at least 4 members (excludes halogenated alkanes) is 21. The molecule has 1 N–H and O–H groups in total. The van der Waals surface area contributed by atoms with Crippen molar-refractivity contribution in [2.24, 2.45) is 0 Å². The van der Waals surface area contributed by atoms with Crippen molar-refractivity contribution in [2.75, 3.05) is 13.2 Å². The predicted octanol–water partition coefficient (Wildman–Crippen LogP) is 11.2. The Hall–Kier alpha value is -1.16. The van der Waals surface area contributed by atoms with E-state index < -0.39 is 5.91 Å². The molecule has 0 bridgehead atoms. The van der Waals surface area contributed by atoms with Gasteiger partial charge in [0, 0.05) is 13.0 Å². The molecule has 1 atom stereocenters. The van der Waals surface area contributed by atoms with Gasteiger partial charge in [0.1, 0.15) is 0 Å². The zero-order valence-corrected chi connectivity index (χ0v) is 28.0. The van der Waals surface area contributed by atoms with E-state index in [9.17, 15) is 9.59 Å². The Labute approximate surface area is 256 Å². The molecule has 242 valence electrons. The lowest BCUT2D eigenvalue weighted by Crippen LogP contribution is -2.42. The second kappa shape index (κ2) is 33.3. The lowest BCUT2D eigenvalue weighted by Gasteiger charge is -2.18. The van der Waals surface area contributed by atoms with Gasteiger partial charge in [-0.05, 0) is 38.5 Å². The smallest absolute Gasteiger partial charge is 0.287 e. The maximum Gasteiger partial charge on any atom is 0.287 e. The molecule has 0 spiro atoms. The van der Waals surface area contributed by atoms with E-state index in [1.165, 1.54) is 128 Å². The van der Waals surface area contributed by atoms with Gasteiger partial charge in [-0.1, -0.05) is 161 Å². The van der Waals surface area contributed by atoms with Crippen LogP contribution in [0.15, 0.2) is 12.2 Å². The summed E-state index contributed by atoms with van der Waals surface area (Å²) in [4.78, 5) is 25.2. The van der Waals surface area contributed by atoms with Crippen LogP contribution in [0.25, 0.3) is 0 Å². The van der Waals surface area contributed by atoms with Crippen LogP contribution in [0.5, 0.6) is 0 Å². The predicted molar refractivity (Wildman–Crippen MR) is 179 cm³/mol. The molecule has 4 nitrogen and oxygen atoms in total. The first kappa shape index (κ1) is 39.8. The molecular weight excluding hydrogens is 506 g/mol. The van der Waals surface area contributed by atoms with Crippen LogP contribution in [0.2, 0.25) is 0 Å². The summed E-state index contributed by atoms with van der Waals surface area (Å²) in [5, 5.41) is 3.00. The summed E-state index contributed by atoms with van der Waals surface area (Å²) in [6.45, 7) is 7.98. The molecule has 0 aromatic rings. The maximum atomic E-state index is 12.6. The quantitative estimate of drug-likeness (QED) is 0.0479. The van der Waals surface area contributed by atoms with Gasteiger partial charge >= 0.3 is 0 Å². The van der Waals surface area contributed by atoms with Crippen LogP contribution < -0.4 is 5.32 Å². The molecule has 0 aliphatic carbocycles. The number of ketones is 1. The fourth-order valence-corrected chi connectivity index (χ4v) is 5.31. The molecule has 0 radical (unpaired) electrons. The second-order valence-electron chi connectivity index (χ2n) is 12.3. The van der Waals surface area contributed by atoms with Gasteiger partial charge in [0.2, 0.25) is 5.78 Å². The number of carbonyl (C=O) groups excluding carboxylic acids is 2. The van der Waals surface area contributed by atoms with Crippen LogP contribution in [-0.2, 0) is 14.3 Å². The van der Waals surface area contributed by atoms with Gasteiger partial charge < -0.3 is 10.1 Å². The monoisotopic (exact) mass is 578 g/mol. The summed E-state index contributed by atoms with van der Waals surface area (Å²) < 4.78 is 5.96. The van der Waals surface area contributed by atoms with Crippen molar-refractivity contribution in [1.82, 2.24) is 5.32 Å². The van der Waals surface area contributed by atoms with E-state index in [-0.39, 0.29) is 11.8 Å². The van der Waals surface area contributed by atoms with Crippen LogP contribution in [0, 0.1) is 0 Å². The minimum atomic E-state index is -0.416. The molecule has 0 aliphatic heterocycles. The SMILES string of the molecule is CCCCC/C=C\CC[C@H](COCCCCCCCCCC)NC(=O)C(=O)CCCCCCCCCCCCCC. The minimum absolute atomic E-state index is 0.0947. The van der Waals surface area contributed by atoms with Crippen molar-refractivity contribution < 1.29 is 14.3 Å². The standard InChI is InChI=1S/C37H71NO3/c1-4-7-10-13-16-18-19-20-21-23-26-29-32-36(39)37(40)38-35(31-28-25-22-15-12-9-6-3)34-41-33-30-27-24-17-14-11-8-5-2/h22,25,35H,4-21,23-24,26-34H2,1-3H3,(H,38,40)/b25-22-/t35-/m1/s1. The third-order valence-corrected chi connectivity index (χ3v) is 8.13. The third kappa shape index (κ3) is 30.1. The van der Waals surface area contributed by atoms with E-state index in [4.69, 9.17) is 4.74 Å². The molecule has 0 aromatic carbocycles. The molecule has 0 aliphatic rings. The van der Waals surface area contributed by atoms with Crippen molar-refractivity contribution in [2.45, 2.75) is 200 Å². The van der Waals surface area contributed by atoms with E-state index in [0.29, 0.717) is 13.0 Å². The first-order valence-corrected chi connectivity index (χ1v) is 18.2. The first-order chi connectivity index (χ1) is 20.2. The van der Waals surface area contributed by atoms with Crippen LogP contribution in [-0.4, -0.2) is 30.9 Å². The molecule has 41 heavy (non-hydrogen) atoms. The number of allylic oxidation sites excluding steroid dienone is 2. The van der Waals surface area contributed by atoms with Gasteiger partial charge in [-0.2, -0.15) is 0 Å². The number of Topliss-reactive ketones (excluding diaryl/α,β-unsaturated/α-hetero) is 1. The molecule has 0 unspecified atom stereocenters. The molecule has 0 fully saturated rings. The number of nitrogens with one attached hydrogen (secondary N) is 1. The topological polar surface area (TPSA) is 55.4 Å². The zero-order chi connectivity index (χ0) is 30.1.